The zero-order chi connectivity index (χ0) is 7.03. The second kappa shape index (κ2) is 3.16. The molecule has 0 aromatic carbocycles. The first kappa shape index (κ1) is 9.08. The number of piperidine rings is 3. The Morgan fingerprint density at radius 3 is 1.82 bits per heavy atom. The lowest BCUT2D eigenvalue weighted by atomic mass is 9.86. The molecule has 0 amide bonds. The molecule has 3 aliphatic heterocycles. The summed E-state index contributed by atoms with van der Waals surface area (Å²) in [4.78, 5) is 0. The lowest BCUT2D eigenvalue weighted by Gasteiger charge is -2.46. The van der Waals surface area contributed by atoms with Crippen molar-refractivity contribution in [2.45, 2.75) is 19.3 Å². The van der Waals surface area contributed by atoms with Crippen molar-refractivity contribution in [1.29, 1.82) is 0 Å². The highest BCUT2D eigenvalue weighted by Gasteiger charge is 2.37. The first-order valence-electron chi connectivity index (χ1n) is 4.34. The van der Waals surface area contributed by atoms with E-state index in [0.717, 1.165) is 5.92 Å². The lowest BCUT2D eigenvalue weighted by Crippen LogP contribution is -3.00. The van der Waals surface area contributed by atoms with Crippen LogP contribution < -0.4 is 12.4 Å². The number of halogens is 1. The van der Waals surface area contributed by atoms with E-state index in [9.17, 15) is 0 Å². The van der Waals surface area contributed by atoms with Gasteiger partial charge in [-0.1, -0.05) is 0 Å². The third kappa shape index (κ3) is 1.45. The molecule has 3 saturated heterocycles. The van der Waals surface area contributed by atoms with Crippen LogP contribution in [0.5, 0.6) is 0 Å². The maximum absolute atomic E-state index is 3.92. The van der Waals surface area contributed by atoms with Gasteiger partial charge in [-0.3, -0.25) is 4.48 Å². The van der Waals surface area contributed by atoms with Crippen molar-refractivity contribution in [1.82, 2.24) is 0 Å². The molecule has 0 aromatic rings. The van der Waals surface area contributed by atoms with Gasteiger partial charge in [0.05, 0.1) is 25.8 Å². The van der Waals surface area contributed by atoms with Crippen LogP contribution in [0.3, 0.4) is 0 Å². The molecule has 3 rings (SSSR count). The summed E-state index contributed by atoms with van der Waals surface area (Å²) in [6.07, 6.45) is 6.51. The second-order valence-electron chi connectivity index (χ2n) is 3.80. The normalized spacial score (nSPS) is 41.3. The highest BCUT2D eigenvalue weighted by molar-refractivity contribution is 4.75. The maximum Gasteiger partial charge on any atom is 0.0885 e. The van der Waals surface area contributed by atoms with Crippen LogP contribution in [0.2, 0.25) is 0 Å². The summed E-state index contributed by atoms with van der Waals surface area (Å²) in [5.41, 5.74) is 0. The molecule has 3 heterocycles. The molecule has 2 bridgehead atoms. The van der Waals surface area contributed by atoms with Crippen molar-refractivity contribution in [2.24, 2.45) is 5.92 Å². The van der Waals surface area contributed by atoms with Gasteiger partial charge in [-0.25, -0.2) is 0 Å². The third-order valence-corrected chi connectivity index (χ3v) is 3.34. The van der Waals surface area contributed by atoms with E-state index in [1.54, 1.807) is 0 Å². The zero-order valence-electron chi connectivity index (χ0n) is 6.93. The minimum absolute atomic E-state index is 0. The molecular weight excluding hydrogens is 158 g/mol. The van der Waals surface area contributed by atoms with E-state index in [1.165, 1.54) is 43.4 Å². The van der Waals surface area contributed by atoms with Crippen LogP contribution in [0.4, 0.5) is 0 Å². The predicted octanol–water partition coefficient (Wildman–Crippen LogP) is -1.24. The minimum atomic E-state index is 0. The van der Waals surface area contributed by atoms with E-state index in [2.05, 4.69) is 12.8 Å². The van der Waals surface area contributed by atoms with Gasteiger partial charge in [0.15, 0.2) is 0 Å². The van der Waals surface area contributed by atoms with Gasteiger partial charge in [0.1, 0.15) is 0 Å². The molecule has 0 saturated carbocycles. The Balaban J connectivity index is 0.000000605. The number of nitrogens with zero attached hydrogens (tertiary/aromatic N) is 1. The van der Waals surface area contributed by atoms with Gasteiger partial charge in [-0.2, -0.15) is 0 Å². The van der Waals surface area contributed by atoms with Crippen LogP contribution in [0.25, 0.3) is 0 Å². The monoisotopic (exact) mass is 173 g/mol. The largest absolute Gasteiger partial charge is 1.00 e. The van der Waals surface area contributed by atoms with Crippen LogP contribution in [0.15, 0.2) is 12.8 Å². The molecular formula is C9H16ClN. The Hall–Kier alpha value is -0.0100. The van der Waals surface area contributed by atoms with Gasteiger partial charge in [0, 0.05) is 19.3 Å². The van der Waals surface area contributed by atoms with E-state index < -0.39 is 0 Å². The predicted molar refractivity (Wildman–Crippen MR) is 42.4 cm³/mol. The minimum Gasteiger partial charge on any atom is -1.00 e. The Morgan fingerprint density at radius 1 is 1.09 bits per heavy atom. The topological polar surface area (TPSA) is 0 Å². The van der Waals surface area contributed by atoms with E-state index in [1.807, 2.05) is 0 Å². The summed E-state index contributed by atoms with van der Waals surface area (Å²) >= 11 is 0. The molecule has 0 atom stereocenters. The molecule has 0 radical (unpaired) electrons. The van der Waals surface area contributed by atoms with Crippen molar-refractivity contribution >= 4 is 0 Å². The molecule has 0 spiro atoms. The highest BCUT2D eigenvalue weighted by atomic mass is 35.5. The molecule has 11 heavy (non-hydrogen) atoms. The van der Waals surface area contributed by atoms with Crippen LogP contribution in [-0.4, -0.2) is 24.1 Å². The summed E-state index contributed by atoms with van der Waals surface area (Å²) in [5.74, 6) is 1.07. The maximum atomic E-state index is 3.92. The molecule has 1 nitrogen and oxygen atoms in total. The molecule has 3 aliphatic rings. The van der Waals surface area contributed by atoms with Crippen LogP contribution >= 0.6 is 0 Å². The Morgan fingerprint density at radius 2 is 1.55 bits per heavy atom. The van der Waals surface area contributed by atoms with Gasteiger partial charge in [0.25, 0.3) is 0 Å². The fraction of sp³-hybridized carbons (Fsp3) is 0.778. The number of quaternary nitrogens is 1. The smallest absolute Gasteiger partial charge is 0.0885 e. The molecule has 64 valence electrons. The number of hydrogen-bond acceptors (Lipinski definition) is 0. The Kier molecular flexibility index (Phi) is 2.61. The van der Waals surface area contributed by atoms with E-state index >= 15 is 0 Å². The summed E-state index contributed by atoms with van der Waals surface area (Å²) in [5, 5.41) is 0. The lowest BCUT2D eigenvalue weighted by molar-refractivity contribution is -0.895. The van der Waals surface area contributed by atoms with Crippen molar-refractivity contribution in [3.63, 3.8) is 0 Å². The SMILES string of the molecule is C=C[N+]12CCC(CC1)CC2.[Cl-]. The molecule has 0 unspecified atom stereocenters. The van der Waals surface area contributed by atoms with Gasteiger partial charge < -0.3 is 12.4 Å². The van der Waals surface area contributed by atoms with Crippen molar-refractivity contribution in [2.75, 3.05) is 19.6 Å². The van der Waals surface area contributed by atoms with Crippen LogP contribution in [0.1, 0.15) is 19.3 Å². The number of hydrogen-bond donors (Lipinski definition) is 0. The van der Waals surface area contributed by atoms with Gasteiger partial charge in [0.2, 0.25) is 0 Å². The van der Waals surface area contributed by atoms with Crippen LogP contribution in [-0.2, 0) is 0 Å². The fourth-order valence-electron chi connectivity index (χ4n) is 2.36. The van der Waals surface area contributed by atoms with E-state index in [4.69, 9.17) is 0 Å². The van der Waals surface area contributed by atoms with Gasteiger partial charge in [-0.05, 0) is 12.5 Å². The summed E-state index contributed by atoms with van der Waals surface area (Å²) in [6, 6.07) is 0. The average Bonchev–Trinajstić information content (AvgIpc) is 2.08. The molecule has 3 fully saturated rings. The molecule has 0 N–H and O–H groups in total. The average molecular weight is 174 g/mol. The van der Waals surface area contributed by atoms with Gasteiger partial charge in [-0.15, -0.1) is 0 Å². The quantitative estimate of drug-likeness (QED) is 0.436. The second-order valence-corrected chi connectivity index (χ2v) is 3.80. The number of rotatable bonds is 1. The first-order valence-corrected chi connectivity index (χ1v) is 4.34. The van der Waals surface area contributed by atoms with E-state index in [-0.39, 0.29) is 12.4 Å². The summed E-state index contributed by atoms with van der Waals surface area (Å²) < 4.78 is 1.22. The Bertz CT molecular complexity index is 134. The zero-order valence-corrected chi connectivity index (χ0v) is 7.69. The van der Waals surface area contributed by atoms with Crippen molar-refractivity contribution in [3.05, 3.63) is 12.8 Å². The van der Waals surface area contributed by atoms with Crippen molar-refractivity contribution in [3.8, 4) is 0 Å². The summed E-state index contributed by atoms with van der Waals surface area (Å²) in [7, 11) is 0. The highest BCUT2D eigenvalue weighted by Crippen LogP contribution is 2.33. The molecule has 2 heteroatoms. The van der Waals surface area contributed by atoms with E-state index in [0.29, 0.717) is 0 Å². The fourth-order valence-corrected chi connectivity index (χ4v) is 2.36. The van der Waals surface area contributed by atoms with Crippen molar-refractivity contribution < 1.29 is 16.9 Å². The van der Waals surface area contributed by atoms with Crippen LogP contribution in [0, 0.1) is 5.92 Å². The standard InChI is InChI=1S/C9H16N.ClH/c1-2-10-6-3-9(4-7-10)5-8-10;/h2,9H,1,3-8H2;1H/q+1;/p-1. The van der Waals surface area contributed by atoms with Gasteiger partial charge >= 0.3 is 0 Å². The first-order chi connectivity index (χ1) is 4.85. The molecule has 0 aliphatic carbocycles. The summed E-state index contributed by atoms with van der Waals surface area (Å²) in [6.45, 7) is 8.03. The number of fused-ring (bicyclic) bond motifs is 3. The Labute approximate surface area is 75.1 Å². The third-order valence-electron chi connectivity index (χ3n) is 3.34. The molecule has 0 aromatic heterocycles.